The van der Waals surface area contributed by atoms with E-state index in [1.165, 1.54) is 6.20 Å². The fourth-order valence-corrected chi connectivity index (χ4v) is 1.75. The van der Waals surface area contributed by atoms with Crippen molar-refractivity contribution in [3.63, 3.8) is 0 Å². The molecule has 0 unspecified atom stereocenters. The Kier molecular flexibility index (Phi) is 1.17. The summed E-state index contributed by atoms with van der Waals surface area (Å²) in [7, 11) is 1.79. The fourth-order valence-electron chi connectivity index (χ4n) is 1.75. The maximum atomic E-state index is 7.38. The van der Waals surface area contributed by atoms with E-state index in [2.05, 4.69) is 15.0 Å². The molecule has 0 saturated heterocycles. The average molecular weight is 216 g/mol. The minimum absolute atomic E-state index is 0.0447. The highest BCUT2D eigenvalue weighted by atomic mass is 15.1. The van der Waals surface area contributed by atoms with Crippen LogP contribution in [0.1, 0.15) is 9.81 Å². The van der Waals surface area contributed by atoms with Crippen molar-refractivity contribution < 1.29 is 4.11 Å². The molecular formula is C11H11N5. The Bertz CT molecular complexity index is 790. The van der Waals surface area contributed by atoms with Crippen LogP contribution in [0.2, 0.25) is 0 Å². The molecule has 0 spiro atoms. The van der Waals surface area contributed by atoms with Crippen LogP contribution in [0.25, 0.3) is 22.1 Å². The largest absolute Gasteiger partial charge is 0.369 e. The number of benzene rings is 1. The van der Waals surface area contributed by atoms with Gasteiger partial charge in [-0.2, -0.15) is 0 Å². The number of fused-ring (bicyclic) bond motifs is 3. The second-order valence-electron chi connectivity index (χ2n) is 3.59. The highest BCUT2D eigenvalue weighted by Gasteiger charge is 2.09. The monoisotopic (exact) mass is 216 g/mol. The molecular weight excluding hydrogens is 202 g/mol. The van der Waals surface area contributed by atoms with E-state index in [1.807, 2.05) is 6.07 Å². The van der Waals surface area contributed by atoms with E-state index in [0.717, 1.165) is 5.52 Å². The number of hydrogen-bond acceptors (Lipinski definition) is 4. The Morgan fingerprint density at radius 2 is 2.19 bits per heavy atom. The zero-order chi connectivity index (χ0) is 13.8. The van der Waals surface area contributed by atoms with Crippen molar-refractivity contribution in [1.82, 2.24) is 19.5 Å². The van der Waals surface area contributed by atoms with Crippen LogP contribution < -0.4 is 5.73 Å². The SMILES string of the molecule is [2H]C([2H])([2H])c1cnc2ccc3c(nc(N)n3C)c2n1. The van der Waals surface area contributed by atoms with Gasteiger partial charge in [0.25, 0.3) is 0 Å². The van der Waals surface area contributed by atoms with Crippen molar-refractivity contribution >= 4 is 28.0 Å². The normalized spacial score (nSPS) is 14.9. The first-order valence-corrected chi connectivity index (χ1v) is 4.76. The van der Waals surface area contributed by atoms with E-state index >= 15 is 0 Å². The van der Waals surface area contributed by atoms with Gasteiger partial charge in [-0.3, -0.25) is 4.98 Å². The second-order valence-corrected chi connectivity index (χ2v) is 3.59. The van der Waals surface area contributed by atoms with E-state index in [4.69, 9.17) is 9.85 Å². The first-order valence-electron chi connectivity index (χ1n) is 6.26. The Morgan fingerprint density at radius 1 is 1.31 bits per heavy atom. The van der Waals surface area contributed by atoms with Crippen LogP contribution >= 0.6 is 0 Å². The number of rotatable bonds is 0. The predicted molar refractivity (Wildman–Crippen MR) is 63.0 cm³/mol. The molecule has 3 rings (SSSR count). The first-order chi connectivity index (χ1) is 8.88. The Balaban J connectivity index is 2.42. The molecule has 0 atom stereocenters. The minimum atomic E-state index is -2.29. The quantitative estimate of drug-likeness (QED) is 0.616. The Hall–Kier alpha value is -2.17. The summed E-state index contributed by atoms with van der Waals surface area (Å²) in [6.45, 7) is -2.29. The molecule has 1 aromatic carbocycles. The maximum absolute atomic E-state index is 7.38. The number of hydrogen-bond donors (Lipinski definition) is 1. The van der Waals surface area contributed by atoms with Gasteiger partial charge in [-0.15, -0.1) is 0 Å². The zero-order valence-electron chi connectivity index (χ0n) is 11.6. The molecule has 2 aromatic heterocycles. The summed E-state index contributed by atoms with van der Waals surface area (Å²) < 4.78 is 23.9. The van der Waals surface area contributed by atoms with Gasteiger partial charge in [-0.1, -0.05) is 0 Å². The van der Waals surface area contributed by atoms with Gasteiger partial charge in [-0.25, -0.2) is 9.97 Å². The van der Waals surface area contributed by atoms with Crippen molar-refractivity contribution in [3.8, 4) is 0 Å². The van der Waals surface area contributed by atoms with Crippen molar-refractivity contribution in [1.29, 1.82) is 0 Å². The Morgan fingerprint density at radius 3 is 3.00 bits per heavy atom. The third-order valence-electron chi connectivity index (χ3n) is 2.60. The van der Waals surface area contributed by atoms with Gasteiger partial charge in [0.05, 0.1) is 16.7 Å². The number of nitrogen functional groups attached to an aromatic ring is 1. The van der Waals surface area contributed by atoms with Crippen LogP contribution in [0.5, 0.6) is 0 Å². The predicted octanol–water partition coefficient (Wildman–Crippen LogP) is 1.41. The van der Waals surface area contributed by atoms with Crippen LogP contribution in [-0.4, -0.2) is 19.5 Å². The second kappa shape index (κ2) is 2.91. The van der Waals surface area contributed by atoms with Crippen LogP contribution in [0, 0.1) is 6.85 Å². The van der Waals surface area contributed by atoms with Gasteiger partial charge in [0.1, 0.15) is 11.0 Å². The summed E-state index contributed by atoms with van der Waals surface area (Å²) in [6, 6.07) is 3.61. The van der Waals surface area contributed by atoms with Crippen molar-refractivity contribution in [3.05, 3.63) is 24.0 Å². The Labute approximate surface area is 96.2 Å². The molecule has 5 heteroatoms. The number of aromatic nitrogens is 4. The van der Waals surface area contributed by atoms with Gasteiger partial charge < -0.3 is 10.3 Å². The van der Waals surface area contributed by atoms with Gasteiger partial charge in [0, 0.05) is 17.4 Å². The van der Waals surface area contributed by atoms with E-state index in [0.29, 0.717) is 22.5 Å². The summed E-state index contributed by atoms with van der Waals surface area (Å²) in [5.74, 6) is 0.351. The molecule has 0 saturated carbocycles. The molecule has 80 valence electrons. The van der Waals surface area contributed by atoms with Gasteiger partial charge in [0.2, 0.25) is 5.95 Å². The smallest absolute Gasteiger partial charge is 0.201 e. The lowest BCUT2D eigenvalue weighted by atomic mass is 10.2. The number of nitrogens with two attached hydrogens (primary N) is 1. The maximum Gasteiger partial charge on any atom is 0.201 e. The van der Waals surface area contributed by atoms with E-state index < -0.39 is 6.85 Å². The molecule has 0 aliphatic rings. The number of imidazole rings is 1. The lowest BCUT2D eigenvalue weighted by Crippen LogP contribution is -1.95. The molecule has 0 bridgehead atoms. The summed E-state index contributed by atoms with van der Waals surface area (Å²) in [5, 5.41) is 0. The molecule has 0 aliphatic heterocycles. The van der Waals surface area contributed by atoms with Crippen LogP contribution in [0.4, 0.5) is 5.95 Å². The molecule has 0 radical (unpaired) electrons. The third kappa shape index (κ3) is 1.08. The molecule has 0 aliphatic carbocycles. The molecule has 0 amide bonds. The molecule has 3 aromatic rings. The number of anilines is 1. The third-order valence-corrected chi connectivity index (χ3v) is 2.60. The van der Waals surface area contributed by atoms with Crippen molar-refractivity contribution in [2.75, 3.05) is 5.73 Å². The van der Waals surface area contributed by atoms with Crippen molar-refractivity contribution in [2.45, 2.75) is 6.85 Å². The first kappa shape index (κ1) is 6.42. The molecule has 5 nitrogen and oxygen atoms in total. The van der Waals surface area contributed by atoms with E-state index in [9.17, 15) is 0 Å². The molecule has 16 heavy (non-hydrogen) atoms. The lowest BCUT2D eigenvalue weighted by Gasteiger charge is -1.99. The van der Waals surface area contributed by atoms with Crippen LogP contribution in [0.15, 0.2) is 18.3 Å². The summed E-state index contributed by atoms with van der Waals surface area (Å²) >= 11 is 0. The molecule has 2 heterocycles. The highest BCUT2D eigenvalue weighted by Crippen LogP contribution is 2.23. The van der Waals surface area contributed by atoms with Crippen molar-refractivity contribution in [2.24, 2.45) is 7.05 Å². The van der Waals surface area contributed by atoms with Gasteiger partial charge in [-0.05, 0) is 19.0 Å². The number of aryl methyl sites for hydroxylation is 2. The topological polar surface area (TPSA) is 69.6 Å². The van der Waals surface area contributed by atoms with Crippen LogP contribution in [-0.2, 0) is 7.05 Å². The summed E-state index contributed by atoms with van der Waals surface area (Å²) in [4.78, 5) is 12.5. The summed E-state index contributed by atoms with van der Waals surface area (Å²) in [6.07, 6.45) is 1.27. The highest BCUT2D eigenvalue weighted by molar-refractivity contribution is 6.00. The fraction of sp³-hybridized carbons (Fsp3) is 0.182. The molecule has 2 N–H and O–H groups in total. The number of nitrogens with zero attached hydrogens (tertiary/aromatic N) is 4. The minimum Gasteiger partial charge on any atom is -0.369 e. The van der Waals surface area contributed by atoms with E-state index in [-0.39, 0.29) is 5.69 Å². The average Bonchev–Trinajstić information content (AvgIpc) is 2.64. The molecule has 0 fully saturated rings. The van der Waals surface area contributed by atoms with Gasteiger partial charge >= 0.3 is 0 Å². The lowest BCUT2D eigenvalue weighted by molar-refractivity contribution is 0.965. The van der Waals surface area contributed by atoms with Gasteiger partial charge in [0.15, 0.2) is 0 Å². The zero-order valence-corrected chi connectivity index (χ0v) is 8.60. The standard InChI is InChI=1S/C11H11N5/c1-6-5-13-7-3-4-8-10(9(7)14-6)15-11(12)16(8)2/h3-5H,1-2H3,(H2,12,15)/i1D3. The van der Waals surface area contributed by atoms with E-state index in [1.54, 1.807) is 17.7 Å². The summed E-state index contributed by atoms with van der Waals surface area (Å²) in [5.41, 5.74) is 8.13. The van der Waals surface area contributed by atoms with Crippen LogP contribution in [0.3, 0.4) is 0 Å².